The van der Waals surface area contributed by atoms with E-state index in [-0.39, 0.29) is 6.04 Å². The van der Waals surface area contributed by atoms with Crippen molar-refractivity contribution in [3.8, 4) is 0 Å². The first-order valence-electron chi connectivity index (χ1n) is 9.50. The number of aryl methyl sites for hydroxylation is 2. The van der Waals surface area contributed by atoms with E-state index in [0.29, 0.717) is 5.71 Å². The van der Waals surface area contributed by atoms with Crippen LogP contribution in [0, 0.1) is 26.9 Å². The monoisotopic (exact) mass is 370 g/mol. The molecule has 0 saturated heterocycles. The standard InChI is InChI=1S/C23H22N4O/c1-13(2)26-16(5)27(22-19(26)7-6-12-24-22)20-14(3)8-10-17-18-11-9-15(4)25-23(18)28-21(17)20/h6-13H,5H2,1-4H3. The third-order valence-corrected chi connectivity index (χ3v) is 5.34. The summed E-state index contributed by atoms with van der Waals surface area (Å²) in [5.41, 5.74) is 5.55. The fraction of sp³-hybridized carbons (Fsp3) is 0.217. The SMILES string of the molecule is [CH2][C]1N(c2c(C)ccc3c2oc2nc(C)ccc23)c2ncccc2N1C(C)C. The topological polar surface area (TPSA) is 45.4 Å². The van der Waals surface area contributed by atoms with Gasteiger partial charge in [-0.3, -0.25) is 4.90 Å². The molecule has 0 unspecified atom stereocenters. The first kappa shape index (κ1) is 17.0. The lowest BCUT2D eigenvalue weighted by atomic mass is 10.1. The van der Waals surface area contributed by atoms with Gasteiger partial charge in [-0.05, 0) is 64.4 Å². The van der Waals surface area contributed by atoms with E-state index in [1.54, 1.807) is 0 Å². The fourth-order valence-electron chi connectivity index (χ4n) is 4.10. The summed E-state index contributed by atoms with van der Waals surface area (Å²) in [6.45, 7) is 12.8. The van der Waals surface area contributed by atoms with Crippen molar-refractivity contribution in [1.82, 2.24) is 9.97 Å². The second-order valence-corrected chi connectivity index (χ2v) is 7.58. The van der Waals surface area contributed by atoms with Crippen LogP contribution in [0.2, 0.25) is 0 Å². The van der Waals surface area contributed by atoms with Gasteiger partial charge in [-0.1, -0.05) is 12.1 Å². The Morgan fingerprint density at radius 2 is 1.82 bits per heavy atom. The van der Waals surface area contributed by atoms with Crippen LogP contribution >= 0.6 is 0 Å². The predicted octanol–water partition coefficient (Wildman–Crippen LogP) is 5.68. The molecule has 0 fully saturated rings. The number of benzene rings is 1. The molecule has 140 valence electrons. The number of furan rings is 1. The molecule has 0 saturated carbocycles. The number of hydrogen-bond donors (Lipinski definition) is 0. The molecule has 1 aliphatic rings. The van der Waals surface area contributed by atoms with Gasteiger partial charge < -0.3 is 9.32 Å². The lowest BCUT2D eigenvalue weighted by molar-refractivity contribution is 0.650. The van der Waals surface area contributed by atoms with Crippen molar-refractivity contribution < 1.29 is 4.42 Å². The smallest absolute Gasteiger partial charge is 0.227 e. The van der Waals surface area contributed by atoms with Crippen LogP contribution in [0.4, 0.5) is 17.2 Å². The van der Waals surface area contributed by atoms with Crippen LogP contribution < -0.4 is 9.80 Å². The van der Waals surface area contributed by atoms with Gasteiger partial charge in [-0.25, -0.2) is 9.97 Å². The summed E-state index contributed by atoms with van der Waals surface area (Å²) in [6.07, 6.45) is 2.70. The zero-order valence-electron chi connectivity index (χ0n) is 16.5. The van der Waals surface area contributed by atoms with Gasteiger partial charge in [0.1, 0.15) is 0 Å². The number of rotatable bonds is 2. The molecule has 1 aliphatic heterocycles. The Bertz CT molecular complexity index is 1210. The number of aromatic nitrogens is 2. The van der Waals surface area contributed by atoms with Gasteiger partial charge in [0, 0.05) is 28.7 Å². The first-order chi connectivity index (χ1) is 13.5. The van der Waals surface area contributed by atoms with Crippen molar-refractivity contribution in [1.29, 1.82) is 0 Å². The van der Waals surface area contributed by atoms with Crippen LogP contribution in [0.5, 0.6) is 0 Å². The second kappa shape index (κ2) is 5.96. The largest absolute Gasteiger partial charge is 0.435 e. The number of pyridine rings is 2. The summed E-state index contributed by atoms with van der Waals surface area (Å²) in [6, 6.07) is 12.6. The Morgan fingerprint density at radius 3 is 2.61 bits per heavy atom. The van der Waals surface area contributed by atoms with E-state index in [1.165, 1.54) is 0 Å². The van der Waals surface area contributed by atoms with Gasteiger partial charge in [-0.2, -0.15) is 0 Å². The van der Waals surface area contributed by atoms with Gasteiger partial charge in [0.25, 0.3) is 0 Å². The molecule has 0 N–H and O–H groups in total. The van der Waals surface area contributed by atoms with E-state index in [0.717, 1.165) is 51.0 Å². The van der Waals surface area contributed by atoms with E-state index in [4.69, 9.17) is 4.42 Å². The average molecular weight is 370 g/mol. The van der Waals surface area contributed by atoms with Crippen molar-refractivity contribution in [3.05, 3.63) is 66.9 Å². The highest BCUT2D eigenvalue weighted by Gasteiger charge is 2.39. The zero-order valence-corrected chi connectivity index (χ0v) is 16.5. The second-order valence-electron chi connectivity index (χ2n) is 7.58. The maximum absolute atomic E-state index is 6.28. The molecule has 0 spiro atoms. The highest BCUT2D eigenvalue weighted by Crippen LogP contribution is 2.50. The average Bonchev–Trinajstić information content (AvgIpc) is 3.16. The maximum atomic E-state index is 6.28. The Kier molecular flexibility index (Phi) is 3.63. The van der Waals surface area contributed by atoms with E-state index < -0.39 is 0 Å². The van der Waals surface area contributed by atoms with E-state index >= 15 is 0 Å². The summed E-state index contributed by atoms with van der Waals surface area (Å²) < 4.78 is 6.28. The molecular formula is C23H22N4O. The minimum Gasteiger partial charge on any atom is -0.435 e. The maximum Gasteiger partial charge on any atom is 0.227 e. The fourth-order valence-corrected chi connectivity index (χ4v) is 4.10. The van der Waals surface area contributed by atoms with Crippen molar-refractivity contribution in [3.63, 3.8) is 0 Å². The summed E-state index contributed by atoms with van der Waals surface area (Å²) in [7, 11) is 0. The van der Waals surface area contributed by atoms with Gasteiger partial charge in [-0.15, -0.1) is 0 Å². The molecule has 4 aromatic rings. The molecule has 3 aromatic heterocycles. The number of anilines is 3. The van der Waals surface area contributed by atoms with Gasteiger partial charge in [0.2, 0.25) is 5.71 Å². The Hall–Kier alpha value is -3.08. The van der Waals surface area contributed by atoms with Crippen LogP contribution in [0.3, 0.4) is 0 Å². The number of hydrogen-bond acceptors (Lipinski definition) is 5. The molecule has 5 nitrogen and oxygen atoms in total. The number of fused-ring (bicyclic) bond motifs is 4. The summed E-state index contributed by atoms with van der Waals surface area (Å²) >= 11 is 0. The van der Waals surface area contributed by atoms with E-state index in [9.17, 15) is 0 Å². The van der Waals surface area contributed by atoms with Crippen LogP contribution in [0.25, 0.3) is 22.1 Å². The Labute approximate surface area is 164 Å². The van der Waals surface area contributed by atoms with Crippen LogP contribution in [-0.2, 0) is 0 Å². The molecule has 0 aliphatic carbocycles. The van der Waals surface area contributed by atoms with Gasteiger partial charge in [0.05, 0.1) is 11.4 Å². The van der Waals surface area contributed by atoms with Gasteiger partial charge in [0.15, 0.2) is 17.6 Å². The van der Waals surface area contributed by atoms with Crippen molar-refractivity contribution >= 4 is 39.3 Å². The van der Waals surface area contributed by atoms with E-state index in [2.05, 4.69) is 71.7 Å². The molecule has 5 rings (SSSR count). The summed E-state index contributed by atoms with van der Waals surface area (Å²) in [4.78, 5) is 13.6. The molecule has 0 amide bonds. The third kappa shape index (κ3) is 2.25. The minimum atomic E-state index is 0.264. The molecule has 0 bridgehead atoms. The van der Waals surface area contributed by atoms with Crippen LogP contribution in [0.1, 0.15) is 25.1 Å². The number of nitrogens with zero attached hydrogens (tertiary/aromatic N) is 4. The highest BCUT2D eigenvalue weighted by atomic mass is 16.3. The third-order valence-electron chi connectivity index (χ3n) is 5.34. The molecule has 0 atom stereocenters. The summed E-state index contributed by atoms with van der Waals surface area (Å²) in [5.74, 6) is 0.876. The highest BCUT2D eigenvalue weighted by molar-refractivity contribution is 6.10. The lowest BCUT2D eigenvalue weighted by Gasteiger charge is -2.31. The summed E-state index contributed by atoms with van der Waals surface area (Å²) in [5, 5.41) is 2.07. The lowest BCUT2D eigenvalue weighted by Crippen LogP contribution is -2.36. The molecule has 28 heavy (non-hydrogen) atoms. The van der Waals surface area contributed by atoms with Crippen LogP contribution in [0.15, 0.2) is 47.0 Å². The van der Waals surface area contributed by atoms with Crippen molar-refractivity contribution in [2.45, 2.75) is 33.7 Å². The predicted molar refractivity (Wildman–Crippen MR) is 114 cm³/mol. The molecular weight excluding hydrogens is 348 g/mol. The molecule has 4 heterocycles. The van der Waals surface area contributed by atoms with Crippen molar-refractivity contribution in [2.24, 2.45) is 0 Å². The van der Waals surface area contributed by atoms with E-state index in [1.807, 2.05) is 25.3 Å². The minimum absolute atomic E-state index is 0.264. The first-order valence-corrected chi connectivity index (χ1v) is 9.50. The van der Waals surface area contributed by atoms with Crippen LogP contribution in [-0.4, -0.2) is 16.0 Å². The zero-order chi connectivity index (χ0) is 19.6. The van der Waals surface area contributed by atoms with Gasteiger partial charge >= 0.3 is 0 Å². The van der Waals surface area contributed by atoms with Crippen molar-refractivity contribution in [2.75, 3.05) is 9.80 Å². The Balaban J connectivity index is 1.82. The normalized spacial score (nSPS) is 14.6. The quantitative estimate of drug-likeness (QED) is 0.454. The molecule has 5 heteroatoms. The molecule has 2 radical (unpaired) electrons. The molecule has 1 aromatic carbocycles. The Morgan fingerprint density at radius 1 is 1.04 bits per heavy atom.